The van der Waals surface area contributed by atoms with E-state index in [-0.39, 0.29) is 11.7 Å². The van der Waals surface area contributed by atoms with Crippen molar-refractivity contribution >= 4 is 21.9 Å². The Labute approximate surface area is 104 Å². The Bertz CT molecular complexity index is 377. The number of halogens is 1. The van der Waals surface area contributed by atoms with Crippen molar-refractivity contribution in [1.29, 1.82) is 0 Å². The van der Waals surface area contributed by atoms with Crippen LogP contribution in [0.4, 0.5) is 0 Å². The second-order valence-electron chi connectivity index (χ2n) is 3.67. The minimum Gasteiger partial charge on any atom is -0.490 e. The molecule has 1 N–H and O–H groups in total. The average molecular weight is 287 g/mol. The fourth-order valence-corrected chi connectivity index (χ4v) is 1.88. The van der Waals surface area contributed by atoms with Gasteiger partial charge in [-0.1, -0.05) is 13.3 Å². The van der Waals surface area contributed by atoms with Gasteiger partial charge in [-0.3, -0.25) is 0 Å². The molecule has 0 unspecified atom stereocenters. The van der Waals surface area contributed by atoms with E-state index in [2.05, 4.69) is 22.9 Å². The maximum Gasteiger partial charge on any atom is 0.335 e. The number of carboxylic acids is 1. The zero-order valence-corrected chi connectivity index (χ0v) is 11.0. The van der Waals surface area contributed by atoms with E-state index in [0.717, 1.165) is 12.8 Å². The lowest BCUT2D eigenvalue weighted by molar-refractivity contribution is 0.0696. The number of rotatable bonds is 5. The molecule has 0 heterocycles. The zero-order valence-electron chi connectivity index (χ0n) is 9.37. The van der Waals surface area contributed by atoms with Crippen molar-refractivity contribution in [2.24, 2.45) is 0 Å². The molecule has 0 saturated heterocycles. The van der Waals surface area contributed by atoms with Crippen LogP contribution in [0.5, 0.6) is 5.75 Å². The Morgan fingerprint density at radius 1 is 1.56 bits per heavy atom. The summed E-state index contributed by atoms with van der Waals surface area (Å²) in [6, 6.07) is 4.77. The van der Waals surface area contributed by atoms with Crippen LogP contribution in [0.15, 0.2) is 22.7 Å². The van der Waals surface area contributed by atoms with Crippen LogP contribution in [0.2, 0.25) is 0 Å². The van der Waals surface area contributed by atoms with Crippen LogP contribution in [0.1, 0.15) is 37.0 Å². The third kappa shape index (κ3) is 3.52. The summed E-state index contributed by atoms with van der Waals surface area (Å²) in [5, 5.41) is 8.80. The summed E-state index contributed by atoms with van der Waals surface area (Å²) in [6.45, 7) is 4.10. The van der Waals surface area contributed by atoms with Crippen molar-refractivity contribution in [3.05, 3.63) is 28.2 Å². The van der Waals surface area contributed by atoms with E-state index in [0.29, 0.717) is 10.2 Å². The molecule has 1 aromatic carbocycles. The summed E-state index contributed by atoms with van der Waals surface area (Å²) >= 11 is 3.31. The molecule has 3 nitrogen and oxygen atoms in total. The Kier molecular flexibility index (Phi) is 4.80. The van der Waals surface area contributed by atoms with Gasteiger partial charge in [-0.25, -0.2) is 4.79 Å². The van der Waals surface area contributed by atoms with Crippen molar-refractivity contribution in [3.8, 4) is 5.75 Å². The maximum atomic E-state index is 10.7. The smallest absolute Gasteiger partial charge is 0.335 e. The summed E-state index contributed by atoms with van der Waals surface area (Å²) in [5.41, 5.74) is 0.252. The normalized spacial score (nSPS) is 12.2. The summed E-state index contributed by atoms with van der Waals surface area (Å²) in [4.78, 5) is 10.7. The number of ether oxygens (including phenoxy) is 1. The first-order valence-corrected chi connectivity index (χ1v) is 6.03. The monoisotopic (exact) mass is 286 g/mol. The fraction of sp³-hybridized carbons (Fsp3) is 0.417. The molecular weight excluding hydrogens is 272 g/mol. The van der Waals surface area contributed by atoms with Crippen LogP contribution < -0.4 is 4.74 Å². The SMILES string of the molecule is CCC[C@@H](C)Oc1ccc(C(=O)O)cc1Br. The highest BCUT2D eigenvalue weighted by Crippen LogP contribution is 2.27. The van der Waals surface area contributed by atoms with Crippen LogP contribution in [0, 0.1) is 0 Å². The number of carboxylic acid groups (broad SMARTS) is 1. The summed E-state index contributed by atoms with van der Waals surface area (Å²) in [7, 11) is 0. The van der Waals surface area contributed by atoms with Gasteiger partial charge in [0.05, 0.1) is 16.1 Å². The van der Waals surface area contributed by atoms with Crippen molar-refractivity contribution in [1.82, 2.24) is 0 Å². The van der Waals surface area contributed by atoms with Gasteiger partial charge in [0.2, 0.25) is 0 Å². The molecule has 1 atom stereocenters. The fourth-order valence-electron chi connectivity index (χ4n) is 1.41. The largest absolute Gasteiger partial charge is 0.490 e. The number of carbonyl (C=O) groups is 1. The lowest BCUT2D eigenvalue weighted by Gasteiger charge is -2.15. The second kappa shape index (κ2) is 5.89. The summed E-state index contributed by atoms with van der Waals surface area (Å²) < 4.78 is 6.36. The highest BCUT2D eigenvalue weighted by atomic mass is 79.9. The van der Waals surface area contributed by atoms with E-state index < -0.39 is 5.97 Å². The molecule has 88 valence electrons. The van der Waals surface area contributed by atoms with Gasteiger partial charge in [0.1, 0.15) is 5.75 Å². The first-order chi connectivity index (χ1) is 7.54. The van der Waals surface area contributed by atoms with Crippen LogP contribution in [0.25, 0.3) is 0 Å². The quantitative estimate of drug-likeness (QED) is 0.897. The number of hydrogen-bond donors (Lipinski definition) is 1. The Balaban J connectivity index is 2.79. The average Bonchev–Trinajstić information content (AvgIpc) is 2.21. The van der Waals surface area contributed by atoms with Gasteiger partial charge in [-0.05, 0) is 47.5 Å². The van der Waals surface area contributed by atoms with E-state index >= 15 is 0 Å². The topological polar surface area (TPSA) is 46.5 Å². The van der Waals surface area contributed by atoms with E-state index in [1.807, 2.05) is 6.92 Å². The molecule has 0 aromatic heterocycles. The molecule has 0 saturated carbocycles. The Morgan fingerprint density at radius 3 is 2.75 bits per heavy atom. The third-order valence-corrected chi connectivity index (χ3v) is 2.82. The highest BCUT2D eigenvalue weighted by molar-refractivity contribution is 9.10. The van der Waals surface area contributed by atoms with Crippen molar-refractivity contribution in [2.75, 3.05) is 0 Å². The highest BCUT2D eigenvalue weighted by Gasteiger charge is 2.09. The standard InChI is InChI=1S/C12H15BrO3/c1-3-4-8(2)16-11-6-5-9(12(14)15)7-10(11)13/h5-8H,3-4H2,1-2H3,(H,14,15)/t8-/m1/s1. The molecular formula is C12H15BrO3. The van der Waals surface area contributed by atoms with Crippen LogP contribution in [0.3, 0.4) is 0 Å². The lowest BCUT2D eigenvalue weighted by Crippen LogP contribution is -2.11. The minimum atomic E-state index is -0.936. The summed E-state index contributed by atoms with van der Waals surface area (Å²) in [6.07, 6.45) is 2.18. The van der Waals surface area contributed by atoms with E-state index in [9.17, 15) is 4.79 Å². The first-order valence-electron chi connectivity index (χ1n) is 5.24. The number of aromatic carboxylic acids is 1. The first kappa shape index (κ1) is 13.0. The maximum absolute atomic E-state index is 10.7. The van der Waals surface area contributed by atoms with Crippen LogP contribution >= 0.6 is 15.9 Å². The number of hydrogen-bond acceptors (Lipinski definition) is 2. The molecule has 0 spiro atoms. The molecule has 0 aliphatic rings. The molecule has 0 aliphatic carbocycles. The van der Waals surface area contributed by atoms with Gasteiger partial charge in [-0.15, -0.1) is 0 Å². The molecule has 0 bridgehead atoms. The van der Waals surface area contributed by atoms with E-state index in [4.69, 9.17) is 9.84 Å². The van der Waals surface area contributed by atoms with Gasteiger partial charge in [0, 0.05) is 0 Å². The molecule has 0 aliphatic heterocycles. The van der Waals surface area contributed by atoms with Crippen molar-refractivity contribution in [2.45, 2.75) is 32.8 Å². The van der Waals surface area contributed by atoms with E-state index in [1.54, 1.807) is 18.2 Å². The second-order valence-corrected chi connectivity index (χ2v) is 4.52. The van der Waals surface area contributed by atoms with Gasteiger partial charge >= 0.3 is 5.97 Å². The Morgan fingerprint density at radius 2 is 2.25 bits per heavy atom. The van der Waals surface area contributed by atoms with Gasteiger partial charge in [-0.2, -0.15) is 0 Å². The zero-order chi connectivity index (χ0) is 12.1. The van der Waals surface area contributed by atoms with E-state index in [1.165, 1.54) is 0 Å². The third-order valence-electron chi connectivity index (χ3n) is 2.20. The van der Waals surface area contributed by atoms with Gasteiger partial charge in [0.15, 0.2) is 0 Å². The predicted molar refractivity (Wildman–Crippen MR) is 66.1 cm³/mol. The number of benzene rings is 1. The van der Waals surface area contributed by atoms with Crippen molar-refractivity contribution in [3.63, 3.8) is 0 Å². The lowest BCUT2D eigenvalue weighted by atomic mass is 10.2. The molecule has 0 amide bonds. The van der Waals surface area contributed by atoms with Gasteiger partial charge < -0.3 is 9.84 Å². The molecule has 1 rings (SSSR count). The molecule has 1 aromatic rings. The Hall–Kier alpha value is -1.03. The molecule has 4 heteroatoms. The predicted octanol–water partition coefficient (Wildman–Crippen LogP) is 3.71. The van der Waals surface area contributed by atoms with Crippen LogP contribution in [-0.2, 0) is 0 Å². The summed E-state index contributed by atoms with van der Waals surface area (Å²) in [5.74, 6) is -0.250. The van der Waals surface area contributed by atoms with Crippen molar-refractivity contribution < 1.29 is 14.6 Å². The molecule has 16 heavy (non-hydrogen) atoms. The molecule has 0 radical (unpaired) electrons. The molecule has 0 fully saturated rings. The van der Waals surface area contributed by atoms with Gasteiger partial charge in [0.25, 0.3) is 0 Å². The van der Waals surface area contributed by atoms with Crippen LogP contribution in [-0.4, -0.2) is 17.2 Å². The minimum absolute atomic E-state index is 0.136.